The van der Waals surface area contributed by atoms with E-state index in [2.05, 4.69) is 19.6 Å². The number of nitrogens with zero attached hydrogens (tertiary/aromatic N) is 4. The molecule has 1 N–H and O–H groups in total. The Balaban J connectivity index is 2.10. The third kappa shape index (κ3) is 2.64. The SMILES string of the molecule is CSc1nc(-c2ccc(-c3csnn3)cc2)c(C#N)c(=O)[nH]1. The highest BCUT2D eigenvalue weighted by molar-refractivity contribution is 7.98. The fraction of sp³-hybridized carbons (Fsp3) is 0.0714. The zero-order chi connectivity index (χ0) is 15.5. The van der Waals surface area contributed by atoms with Gasteiger partial charge in [-0.25, -0.2) is 4.98 Å². The quantitative estimate of drug-likeness (QED) is 0.587. The van der Waals surface area contributed by atoms with E-state index in [0.717, 1.165) is 11.3 Å². The number of benzene rings is 1. The van der Waals surface area contributed by atoms with Crippen molar-refractivity contribution >= 4 is 23.3 Å². The predicted molar refractivity (Wildman–Crippen MR) is 85.7 cm³/mol. The number of nitrogens with one attached hydrogen (secondary N) is 1. The molecule has 0 aliphatic carbocycles. The number of H-pyrrole nitrogens is 1. The molecule has 108 valence electrons. The Morgan fingerprint density at radius 3 is 2.59 bits per heavy atom. The molecular weight excluding hydrogens is 318 g/mol. The van der Waals surface area contributed by atoms with Gasteiger partial charge >= 0.3 is 0 Å². The number of rotatable bonds is 3. The molecule has 0 amide bonds. The van der Waals surface area contributed by atoms with Crippen molar-refractivity contribution in [1.82, 2.24) is 19.6 Å². The number of aromatic amines is 1. The van der Waals surface area contributed by atoms with Crippen LogP contribution >= 0.6 is 23.3 Å². The van der Waals surface area contributed by atoms with Crippen molar-refractivity contribution in [3.8, 4) is 28.6 Å². The van der Waals surface area contributed by atoms with Gasteiger partial charge in [-0.05, 0) is 17.8 Å². The summed E-state index contributed by atoms with van der Waals surface area (Å²) >= 11 is 2.60. The lowest BCUT2D eigenvalue weighted by Gasteiger charge is -2.05. The van der Waals surface area contributed by atoms with Crippen molar-refractivity contribution in [2.24, 2.45) is 0 Å². The van der Waals surface area contributed by atoms with E-state index in [1.807, 2.05) is 42.0 Å². The Hall–Kier alpha value is -2.50. The second-order valence-corrected chi connectivity index (χ2v) is 5.68. The van der Waals surface area contributed by atoms with Gasteiger partial charge in [0.1, 0.15) is 17.3 Å². The van der Waals surface area contributed by atoms with E-state index in [-0.39, 0.29) is 5.56 Å². The lowest BCUT2D eigenvalue weighted by molar-refractivity contribution is 0.937. The number of thioether (sulfide) groups is 1. The van der Waals surface area contributed by atoms with Crippen molar-refractivity contribution in [1.29, 1.82) is 5.26 Å². The van der Waals surface area contributed by atoms with Gasteiger partial charge in [0.05, 0.1) is 5.69 Å². The molecule has 8 heteroatoms. The van der Waals surface area contributed by atoms with Crippen LogP contribution in [0.1, 0.15) is 5.56 Å². The van der Waals surface area contributed by atoms with Crippen LogP contribution in [0.2, 0.25) is 0 Å². The summed E-state index contributed by atoms with van der Waals surface area (Å²) in [5.74, 6) is 0. The van der Waals surface area contributed by atoms with Crippen LogP contribution < -0.4 is 5.56 Å². The summed E-state index contributed by atoms with van der Waals surface area (Å²) in [4.78, 5) is 18.9. The molecule has 22 heavy (non-hydrogen) atoms. The molecule has 0 fully saturated rings. The molecule has 2 heterocycles. The molecule has 1 aromatic carbocycles. The molecule has 0 aliphatic heterocycles. The van der Waals surface area contributed by atoms with Crippen molar-refractivity contribution in [3.05, 3.63) is 45.6 Å². The highest BCUT2D eigenvalue weighted by Gasteiger charge is 2.13. The molecule has 0 atom stereocenters. The van der Waals surface area contributed by atoms with Gasteiger partial charge in [0.15, 0.2) is 5.16 Å². The number of aromatic nitrogens is 4. The van der Waals surface area contributed by atoms with Gasteiger partial charge in [0, 0.05) is 16.5 Å². The van der Waals surface area contributed by atoms with E-state index in [1.54, 1.807) is 0 Å². The van der Waals surface area contributed by atoms with Gasteiger partial charge in [-0.15, -0.1) is 5.10 Å². The Morgan fingerprint density at radius 2 is 2.00 bits per heavy atom. The maximum absolute atomic E-state index is 11.9. The van der Waals surface area contributed by atoms with Crippen LogP contribution in [0, 0.1) is 11.3 Å². The number of nitriles is 1. The first kappa shape index (κ1) is 14.4. The summed E-state index contributed by atoms with van der Waals surface area (Å²) in [6, 6.07) is 9.30. The first-order valence-electron chi connectivity index (χ1n) is 6.19. The summed E-state index contributed by atoms with van der Waals surface area (Å²) in [5, 5.41) is 15.5. The highest BCUT2D eigenvalue weighted by Crippen LogP contribution is 2.25. The van der Waals surface area contributed by atoms with Gasteiger partial charge in [-0.1, -0.05) is 40.5 Å². The van der Waals surface area contributed by atoms with Crippen LogP contribution in [-0.2, 0) is 0 Å². The van der Waals surface area contributed by atoms with E-state index in [4.69, 9.17) is 0 Å². The topological polar surface area (TPSA) is 95.3 Å². The Labute approximate surface area is 134 Å². The van der Waals surface area contributed by atoms with Gasteiger partial charge in [0.25, 0.3) is 5.56 Å². The van der Waals surface area contributed by atoms with Crippen molar-refractivity contribution in [3.63, 3.8) is 0 Å². The van der Waals surface area contributed by atoms with E-state index in [1.165, 1.54) is 23.3 Å². The van der Waals surface area contributed by atoms with Crippen molar-refractivity contribution in [2.75, 3.05) is 6.26 Å². The molecule has 0 aliphatic rings. The van der Waals surface area contributed by atoms with Gasteiger partial charge < -0.3 is 4.98 Å². The average Bonchev–Trinajstić information content (AvgIpc) is 3.08. The van der Waals surface area contributed by atoms with Crippen molar-refractivity contribution < 1.29 is 0 Å². The minimum absolute atomic E-state index is 0.0147. The standard InChI is InChI=1S/C14H9N5OS2/c1-21-14-16-12(10(6-15)13(20)17-14)9-4-2-8(3-5-9)11-7-22-19-18-11/h2-5,7H,1H3,(H,16,17,20). The summed E-state index contributed by atoms with van der Waals surface area (Å²) in [6.45, 7) is 0. The molecule has 0 bridgehead atoms. The lowest BCUT2D eigenvalue weighted by atomic mass is 10.0. The molecule has 6 nitrogen and oxygen atoms in total. The van der Waals surface area contributed by atoms with Gasteiger partial charge in [0.2, 0.25) is 0 Å². The highest BCUT2D eigenvalue weighted by atomic mass is 32.2. The molecule has 0 saturated heterocycles. The summed E-state index contributed by atoms with van der Waals surface area (Å²) < 4.78 is 3.83. The minimum Gasteiger partial charge on any atom is -0.300 e. The third-order valence-corrected chi connectivity index (χ3v) is 4.10. The summed E-state index contributed by atoms with van der Waals surface area (Å²) in [5.41, 5.74) is 2.40. The van der Waals surface area contributed by atoms with E-state index in [9.17, 15) is 10.1 Å². The predicted octanol–water partition coefficient (Wildman–Crippen LogP) is 2.55. The molecule has 0 radical (unpaired) electrons. The number of hydrogen-bond acceptors (Lipinski definition) is 7. The molecule has 3 aromatic rings. The molecule has 0 saturated carbocycles. The maximum Gasteiger partial charge on any atom is 0.270 e. The van der Waals surface area contributed by atoms with Crippen LogP contribution in [0.15, 0.2) is 39.6 Å². The Bertz CT molecular complexity index is 894. The van der Waals surface area contributed by atoms with E-state index < -0.39 is 5.56 Å². The lowest BCUT2D eigenvalue weighted by Crippen LogP contribution is -2.14. The second-order valence-electron chi connectivity index (χ2n) is 4.28. The monoisotopic (exact) mass is 327 g/mol. The first-order valence-corrected chi connectivity index (χ1v) is 8.25. The summed E-state index contributed by atoms with van der Waals surface area (Å²) in [6.07, 6.45) is 1.81. The zero-order valence-electron chi connectivity index (χ0n) is 11.4. The maximum atomic E-state index is 11.9. The minimum atomic E-state index is -0.426. The van der Waals surface area contributed by atoms with Crippen LogP contribution in [0.5, 0.6) is 0 Å². The largest absolute Gasteiger partial charge is 0.300 e. The van der Waals surface area contributed by atoms with Crippen LogP contribution in [0.3, 0.4) is 0 Å². The summed E-state index contributed by atoms with van der Waals surface area (Å²) in [7, 11) is 0. The fourth-order valence-electron chi connectivity index (χ4n) is 1.95. The Morgan fingerprint density at radius 1 is 1.27 bits per heavy atom. The van der Waals surface area contributed by atoms with Gasteiger partial charge in [-0.3, -0.25) is 4.79 Å². The zero-order valence-corrected chi connectivity index (χ0v) is 13.0. The molecule has 0 unspecified atom stereocenters. The molecule has 0 spiro atoms. The fourth-order valence-corrected chi connectivity index (χ4v) is 2.79. The van der Waals surface area contributed by atoms with E-state index >= 15 is 0 Å². The normalized spacial score (nSPS) is 10.4. The smallest absolute Gasteiger partial charge is 0.270 e. The van der Waals surface area contributed by atoms with Crippen LogP contribution in [0.25, 0.3) is 22.5 Å². The first-order chi connectivity index (χ1) is 10.7. The molecule has 2 aromatic heterocycles. The van der Waals surface area contributed by atoms with E-state index in [0.29, 0.717) is 16.4 Å². The van der Waals surface area contributed by atoms with Crippen LogP contribution in [0.4, 0.5) is 0 Å². The second kappa shape index (κ2) is 6.09. The Kier molecular flexibility index (Phi) is 4.00. The van der Waals surface area contributed by atoms with Crippen LogP contribution in [-0.4, -0.2) is 25.8 Å². The van der Waals surface area contributed by atoms with Crippen molar-refractivity contribution in [2.45, 2.75) is 5.16 Å². The van der Waals surface area contributed by atoms with Gasteiger partial charge in [-0.2, -0.15) is 5.26 Å². The number of hydrogen-bond donors (Lipinski definition) is 1. The average molecular weight is 327 g/mol. The molecular formula is C14H9N5OS2. The molecule has 3 rings (SSSR count). The third-order valence-electron chi connectivity index (χ3n) is 3.02.